The molecule has 0 bridgehead atoms. The van der Waals surface area contributed by atoms with Gasteiger partial charge in [-0.15, -0.1) is 0 Å². The Bertz CT molecular complexity index is 1310. The number of hydrogen-bond acceptors (Lipinski definition) is 7. The number of aromatic nitrogens is 2. The smallest absolute Gasteiger partial charge is 0.258 e. The largest absolute Gasteiger partial charge is 0.378 e. The van der Waals surface area contributed by atoms with Crippen molar-refractivity contribution in [1.82, 2.24) is 10.1 Å². The van der Waals surface area contributed by atoms with Crippen LogP contribution in [0.3, 0.4) is 0 Å². The molecule has 1 saturated heterocycles. The van der Waals surface area contributed by atoms with Gasteiger partial charge in [0.25, 0.3) is 5.89 Å². The number of rotatable bonds is 6. The van der Waals surface area contributed by atoms with Gasteiger partial charge in [-0.2, -0.15) is 4.98 Å². The minimum Gasteiger partial charge on any atom is -0.378 e. The van der Waals surface area contributed by atoms with Gasteiger partial charge in [0.05, 0.1) is 23.9 Å². The number of benzene rings is 3. The summed E-state index contributed by atoms with van der Waals surface area (Å²) >= 11 is 0. The van der Waals surface area contributed by atoms with Gasteiger partial charge in [-0.3, -0.25) is 0 Å². The maximum absolute atomic E-state index is 12.6. The summed E-state index contributed by atoms with van der Waals surface area (Å²) in [6, 6.07) is 23.7. The Morgan fingerprint density at radius 1 is 0.818 bits per heavy atom. The van der Waals surface area contributed by atoms with E-state index in [9.17, 15) is 8.42 Å². The van der Waals surface area contributed by atoms with Crippen LogP contribution in [0.5, 0.6) is 0 Å². The van der Waals surface area contributed by atoms with Crippen molar-refractivity contribution in [1.29, 1.82) is 0 Å². The number of nitrogens with zero attached hydrogens (tertiary/aromatic N) is 3. The first-order chi connectivity index (χ1) is 16.1. The zero-order valence-electron chi connectivity index (χ0n) is 17.9. The van der Waals surface area contributed by atoms with E-state index in [0.717, 1.165) is 43.1 Å². The first-order valence-corrected chi connectivity index (χ1v) is 12.4. The molecule has 8 heteroatoms. The van der Waals surface area contributed by atoms with Crippen LogP contribution in [0, 0.1) is 0 Å². The Kier molecular flexibility index (Phi) is 5.93. The summed E-state index contributed by atoms with van der Waals surface area (Å²) in [6.45, 7) is 3.25. The average molecular weight is 462 g/mol. The second kappa shape index (κ2) is 9.17. The molecule has 0 aliphatic carbocycles. The monoisotopic (exact) mass is 461 g/mol. The molecule has 0 N–H and O–H groups in total. The molecule has 1 fully saturated rings. The van der Waals surface area contributed by atoms with Gasteiger partial charge in [0.15, 0.2) is 9.84 Å². The predicted octanol–water partition coefficient (Wildman–Crippen LogP) is 4.21. The van der Waals surface area contributed by atoms with E-state index in [-0.39, 0.29) is 5.75 Å². The Morgan fingerprint density at radius 2 is 1.48 bits per heavy atom. The number of ether oxygens (including phenoxy) is 1. The van der Waals surface area contributed by atoms with Gasteiger partial charge < -0.3 is 14.2 Å². The van der Waals surface area contributed by atoms with Crippen LogP contribution < -0.4 is 4.90 Å². The van der Waals surface area contributed by atoms with Gasteiger partial charge in [0.2, 0.25) is 5.82 Å². The fraction of sp³-hybridized carbons (Fsp3) is 0.200. The van der Waals surface area contributed by atoms with Crippen molar-refractivity contribution < 1.29 is 17.7 Å². The van der Waals surface area contributed by atoms with Crippen LogP contribution in [0.1, 0.15) is 5.56 Å². The summed E-state index contributed by atoms with van der Waals surface area (Å²) in [5, 5.41) is 4.11. The summed E-state index contributed by atoms with van der Waals surface area (Å²) in [7, 11) is -3.40. The zero-order valence-corrected chi connectivity index (χ0v) is 18.7. The topological polar surface area (TPSA) is 85.5 Å². The lowest BCUT2D eigenvalue weighted by Crippen LogP contribution is -2.36. The SMILES string of the molecule is O=S(=O)(Cc1ccc(-c2nc(-c3ccc(N4CCOCC4)cc3)no2)cc1)c1ccccc1. The highest BCUT2D eigenvalue weighted by atomic mass is 32.2. The van der Waals surface area contributed by atoms with E-state index in [1.807, 2.05) is 12.1 Å². The molecular weight excluding hydrogens is 438 g/mol. The molecule has 5 rings (SSSR count). The fourth-order valence-corrected chi connectivity index (χ4v) is 5.14. The van der Waals surface area contributed by atoms with Crippen molar-refractivity contribution in [2.24, 2.45) is 0 Å². The van der Waals surface area contributed by atoms with Crippen molar-refractivity contribution in [2.45, 2.75) is 10.6 Å². The minimum absolute atomic E-state index is 0.0676. The summed E-state index contributed by atoms with van der Waals surface area (Å²) in [6.07, 6.45) is 0. The highest BCUT2D eigenvalue weighted by Crippen LogP contribution is 2.26. The first kappa shape index (κ1) is 21.4. The average Bonchev–Trinajstić information content (AvgIpc) is 3.36. The van der Waals surface area contributed by atoms with Gasteiger partial charge in [0.1, 0.15) is 0 Å². The number of morpholine rings is 1. The lowest BCUT2D eigenvalue weighted by Gasteiger charge is -2.28. The second-order valence-corrected chi connectivity index (χ2v) is 9.83. The Balaban J connectivity index is 1.29. The summed E-state index contributed by atoms with van der Waals surface area (Å²) in [4.78, 5) is 7.12. The fourth-order valence-electron chi connectivity index (χ4n) is 3.77. The predicted molar refractivity (Wildman–Crippen MR) is 126 cm³/mol. The van der Waals surface area contributed by atoms with E-state index < -0.39 is 9.84 Å². The van der Waals surface area contributed by atoms with Gasteiger partial charge in [-0.1, -0.05) is 35.5 Å². The van der Waals surface area contributed by atoms with Crippen LogP contribution in [-0.2, 0) is 20.3 Å². The molecule has 4 aromatic rings. The maximum atomic E-state index is 12.6. The van der Waals surface area contributed by atoms with E-state index in [1.54, 1.807) is 54.6 Å². The van der Waals surface area contributed by atoms with Crippen molar-refractivity contribution in [3.8, 4) is 22.8 Å². The van der Waals surface area contributed by atoms with E-state index in [4.69, 9.17) is 9.26 Å². The van der Waals surface area contributed by atoms with E-state index in [1.165, 1.54) is 0 Å². The van der Waals surface area contributed by atoms with E-state index in [2.05, 4.69) is 27.2 Å². The van der Waals surface area contributed by atoms with Gasteiger partial charge in [-0.05, 0) is 54.1 Å². The standard InChI is InChI=1S/C25H23N3O4S/c29-33(30,23-4-2-1-3-5-23)18-19-6-8-21(9-7-19)25-26-24(27-32-25)20-10-12-22(13-11-20)28-14-16-31-17-15-28/h1-13H,14-18H2. The van der Waals surface area contributed by atoms with Gasteiger partial charge in [-0.25, -0.2) is 8.42 Å². The van der Waals surface area contributed by atoms with Crippen LogP contribution >= 0.6 is 0 Å². The summed E-state index contributed by atoms with van der Waals surface area (Å²) < 4.78 is 36.0. The molecule has 168 valence electrons. The summed E-state index contributed by atoms with van der Waals surface area (Å²) in [5.41, 5.74) is 3.44. The lowest BCUT2D eigenvalue weighted by molar-refractivity contribution is 0.122. The molecule has 1 aliphatic rings. The molecule has 0 radical (unpaired) electrons. The number of hydrogen-bond donors (Lipinski definition) is 0. The molecule has 0 atom stereocenters. The third-order valence-corrected chi connectivity index (χ3v) is 7.29. The van der Waals surface area contributed by atoms with Crippen molar-refractivity contribution in [2.75, 3.05) is 31.2 Å². The molecule has 0 unspecified atom stereocenters. The third kappa shape index (κ3) is 4.81. The van der Waals surface area contributed by atoms with Crippen molar-refractivity contribution in [3.63, 3.8) is 0 Å². The highest BCUT2D eigenvalue weighted by Gasteiger charge is 2.16. The third-order valence-electron chi connectivity index (χ3n) is 5.59. The molecule has 0 saturated carbocycles. The quantitative estimate of drug-likeness (QED) is 0.425. The molecule has 7 nitrogen and oxygen atoms in total. The van der Waals surface area contributed by atoms with Crippen molar-refractivity contribution >= 4 is 15.5 Å². The van der Waals surface area contributed by atoms with Crippen LogP contribution in [0.25, 0.3) is 22.8 Å². The zero-order chi connectivity index (χ0) is 22.7. The van der Waals surface area contributed by atoms with Crippen LogP contribution in [0.15, 0.2) is 88.3 Å². The minimum atomic E-state index is -3.40. The Labute approximate surface area is 192 Å². The van der Waals surface area contributed by atoms with Crippen LogP contribution in [0.4, 0.5) is 5.69 Å². The number of sulfone groups is 1. The van der Waals surface area contributed by atoms with Gasteiger partial charge >= 0.3 is 0 Å². The molecule has 33 heavy (non-hydrogen) atoms. The van der Waals surface area contributed by atoms with E-state index >= 15 is 0 Å². The number of anilines is 1. The van der Waals surface area contributed by atoms with Gasteiger partial charge in [0, 0.05) is 29.9 Å². The Hall–Kier alpha value is -3.49. The maximum Gasteiger partial charge on any atom is 0.258 e. The highest BCUT2D eigenvalue weighted by molar-refractivity contribution is 7.90. The molecule has 1 aliphatic heterocycles. The molecular formula is C25H23N3O4S. The molecule has 0 spiro atoms. The second-order valence-electron chi connectivity index (χ2n) is 7.84. The van der Waals surface area contributed by atoms with Crippen molar-refractivity contribution in [3.05, 3.63) is 84.4 Å². The normalized spacial score (nSPS) is 14.4. The molecule has 3 aromatic carbocycles. The Morgan fingerprint density at radius 3 is 2.18 bits per heavy atom. The van der Waals surface area contributed by atoms with Crippen LogP contribution in [0.2, 0.25) is 0 Å². The lowest BCUT2D eigenvalue weighted by atomic mass is 10.1. The van der Waals surface area contributed by atoms with Crippen LogP contribution in [-0.4, -0.2) is 44.9 Å². The first-order valence-electron chi connectivity index (χ1n) is 10.7. The molecule has 1 aromatic heterocycles. The molecule has 0 amide bonds. The van der Waals surface area contributed by atoms with E-state index in [0.29, 0.717) is 22.2 Å². The summed E-state index contributed by atoms with van der Waals surface area (Å²) in [5.74, 6) is 0.830. The molecule has 2 heterocycles.